The maximum atomic E-state index is 3.82. The molecule has 0 saturated carbocycles. The van der Waals surface area contributed by atoms with Crippen LogP contribution in [0.4, 0.5) is 0 Å². The molecule has 0 aliphatic carbocycles. The van der Waals surface area contributed by atoms with E-state index in [9.17, 15) is 0 Å². The van der Waals surface area contributed by atoms with Gasteiger partial charge in [-0.2, -0.15) is 0 Å². The van der Waals surface area contributed by atoms with Crippen LogP contribution in [0.2, 0.25) is 18.1 Å². The topological polar surface area (TPSA) is 0 Å². The van der Waals surface area contributed by atoms with Crippen molar-refractivity contribution in [2.45, 2.75) is 114 Å². The molecule has 1 heteroatoms. The first-order valence-electron chi connectivity index (χ1n) is 11.2. The van der Waals surface area contributed by atoms with Crippen molar-refractivity contribution < 1.29 is 0 Å². The van der Waals surface area contributed by atoms with Crippen LogP contribution in [-0.4, -0.2) is 8.80 Å². The second-order valence-electron chi connectivity index (χ2n) is 7.71. The molecule has 0 spiro atoms. The highest BCUT2D eigenvalue weighted by Gasteiger charge is 2.10. The highest BCUT2D eigenvalue weighted by atomic mass is 28.3. The minimum absolute atomic E-state index is 0.471. The van der Waals surface area contributed by atoms with E-state index in [1.165, 1.54) is 96.3 Å². The smallest absolute Gasteiger partial charge is 0.0367 e. The molecule has 0 aromatic rings. The van der Waals surface area contributed by atoms with Crippen LogP contribution in [0.1, 0.15) is 96.3 Å². The van der Waals surface area contributed by atoms with Crippen LogP contribution in [0, 0.1) is 0 Å². The van der Waals surface area contributed by atoms with Gasteiger partial charge in [0.25, 0.3) is 0 Å². The molecule has 0 N–H and O–H groups in total. The van der Waals surface area contributed by atoms with Crippen molar-refractivity contribution in [1.82, 2.24) is 0 Å². The van der Waals surface area contributed by atoms with E-state index in [0.717, 1.165) is 0 Å². The third kappa shape index (κ3) is 19.6. The van der Waals surface area contributed by atoms with Gasteiger partial charge in [0.1, 0.15) is 0 Å². The second kappa shape index (κ2) is 21.5. The van der Waals surface area contributed by atoms with E-state index >= 15 is 0 Å². The zero-order chi connectivity index (χ0) is 18.4. The largest absolute Gasteiger partial charge is 0.103 e. The highest BCUT2D eigenvalue weighted by Crippen LogP contribution is 2.20. The van der Waals surface area contributed by atoms with Gasteiger partial charge in [-0.1, -0.05) is 94.1 Å². The Morgan fingerprint density at radius 2 is 0.680 bits per heavy atom. The minimum Gasteiger partial charge on any atom is -0.103 e. The molecule has 0 heterocycles. The molecule has 0 nitrogen and oxygen atoms in total. The molecule has 0 radical (unpaired) electrons. The zero-order valence-electron chi connectivity index (χ0n) is 17.2. The van der Waals surface area contributed by atoms with E-state index in [-0.39, 0.29) is 0 Å². The van der Waals surface area contributed by atoms with Crippen LogP contribution < -0.4 is 0 Å². The van der Waals surface area contributed by atoms with Gasteiger partial charge in [0, 0.05) is 8.80 Å². The Labute approximate surface area is 161 Å². The Balaban J connectivity index is 3.81. The van der Waals surface area contributed by atoms with Crippen LogP contribution in [0.3, 0.4) is 0 Å². The summed E-state index contributed by atoms with van der Waals surface area (Å²) in [6, 6.07) is 4.81. The standard InChI is InChI=1S/C24H46Si/c1-4-7-10-13-16-19-22-25(23-20-17-14-11-8-5-2)24-21-18-15-12-9-6-3/h4-6,25H,1-3,7-24H2. The van der Waals surface area contributed by atoms with Crippen molar-refractivity contribution in [3.05, 3.63) is 38.0 Å². The summed E-state index contributed by atoms with van der Waals surface area (Å²) in [6.07, 6.45) is 27.0. The molecular formula is C24H46Si. The lowest BCUT2D eigenvalue weighted by molar-refractivity contribution is 0.651. The molecule has 0 amide bonds. The third-order valence-electron chi connectivity index (χ3n) is 5.31. The van der Waals surface area contributed by atoms with Gasteiger partial charge < -0.3 is 0 Å². The average molecular weight is 363 g/mol. The third-order valence-corrected chi connectivity index (χ3v) is 8.99. The van der Waals surface area contributed by atoms with Gasteiger partial charge in [-0.15, -0.1) is 19.7 Å². The fraction of sp³-hybridized carbons (Fsp3) is 0.750. The summed E-state index contributed by atoms with van der Waals surface area (Å²) in [7, 11) is -0.471. The second-order valence-corrected chi connectivity index (χ2v) is 11.2. The monoisotopic (exact) mass is 362 g/mol. The van der Waals surface area contributed by atoms with E-state index < -0.39 is 8.80 Å². The summed E-state index contributed by atoms with van der Waals surface area (Å²) in [5.74, 6) is 0. The molecule has 0 fully saturated rings. The van der Waals surface area contributed by atoms with Gasteiger partial charge in [-0.05, 0) is 38.5 Å². The summed E-state index contributed by atoms with van der Waals surface area (Å²) in [6.45, 7) is 11.5. The van der Waals surface area contributed by atoms with Crippen molar-refractivity contribution in [3.63, 3.8) is 0 Å². The normalized spacial score (nSPS) is 10.9. The number of allylic oxidation sites excluding steroid dienone is 3. The lowest BCUT2D eigenvalue weighted by atomic mass is 10.1. The number of rotatable bonds is 21. The molecule has 0 aromatic heterocycles. The summed E-state index contributed by atoms with van der Waals surface area (Å²) in [5, 5.41) is 0. The van der Waals surface area contributed by atoms with Gasteiger partial charge in [0.05, 0.1) is 0 Å². The van der Waals surface area contributed by atoms with Gasteiger partial charge in [-0.3, -0.25) is 0 Å². The van der Waals surface area contributed by atoms with E-state index in [0.29, 0.717) is 0 Å². The van der Waals surface area contributed by atoms with Crippen LogP contribution in [-0.2, 0) is 0 Å². The predicted octanol–water partition coefficient (Wildman–Crippen LogP) is 8.62. The SMILES string of the molecule is C=CCCCCCC[SiH](CCCCCCC=C)CCCCCCC=C. The maximum Gasteiger partial charge on any atom is 0.0367 e. The highest BCUT2D eigenvalue weighted by molar-refractivity contribution is 6.58. The van der Waals surface area contributed by atoms with Crippen LogP contribution in [0.15, 0.2) is 38.0 Å². The van der Waals surface area contributed by atoms with Gasteiger partial charge in [-0.25, -0.2) is 0 Å². The molecule has 0 unspecified atom stereocenters. The van der Waals surface area contributed by atoms with E-state index in [1.54, 1.807) is 18.1 Å². The fourth-order valence-electron chi connectivity index (χ4n) is 3.66. The number of hydrogen-bond acceptors (Lipinski definition) is 0. The predicted molar refractivity (Wildman–Crippen MR) is 121 cm³/mol. The molecule has 0 rings (SSSR count). The summed E-state index contributed by atoms with van der Waals surface area (Å²) in [4.78, 5) is 0. The van der Waals surface area contributed by atoms with E-state index in [1.807, 2.05) is 0 Å². The fourth-order valence-corrected chi connectivity index (χ4v) is 7.12. The van der Waals surface area contributed by atoms with Gasteiger partial charge >= 0.3 is 0 Å². The molecule has 0 aromatic carbocycles. The van der Waals surface area contributed by atoms with E-state index in [4.69, 9.17) is 0 Å². The summed E-state index contributed by atoms with van der Waals surface area (Å²) < 4.78 is 0. The summed E-state index contributed by atoms with van der Waals surface area (Å²) in [5.41, 5.74) is 0. The number of unbranched alkanes of at least 4 members (excludes halogenated alkanes) is 12. The quantitative estimate of drug-likeness (QED) is 0.109. The Kier molecular flexibility index (Phi) is 21.0. The lowest BCUT2D eigenvalue weighted by Gasteiger charge is -2.15. The van der Waals surface area contributed by atoms with Gasteiger partial charge in [0.2, 0.25) is 0 Å². The zero-order valence-corrected chi connectivity index (χ0v) is 18.3. The Morgan fingerprint density at radius 3 is 0.960 bits per heavy atom. The molecule has 0 bridgehead atoms. The number of hydrogen-bond donors (Lipinski definition) is 0. The molecule has 146 valence electrons. The lowest BCUT2D eigenvalue weighted by Crippen LogP contribution is -2.12. The van der Waals surface area contributed by atoms with Crippen LogP contribution in [0.5, 0.6) is 0 Å². The molecule has 0 aliphatic heterocycles. The Bertz CT molecular complexity index is 247. The first kappa shape index (κ1) is 24.4. The molecule has 25 heavy (non-hydrogen) atoms. The van der Waals surface area contributed by atoms with Crippen molar-refractivity contribution in [2.75, 3.05) is 0 Å². The summed E-state index contributed by atoms with van der Waals surface area (Å²) >= 11 is 0. The minimum atomic E-state index is -0.471. The van der Waals surface area contributed by atoms with E-state index in [2.05, 4.69) is 38.0 Å². The van der Waals surface area contributed by atoms with Crippen molar-refractivity contribution in [2.24, 2.45) is 0 Å². The van der Waals surface area contributed by atoms with Crippen molar-refractivity contribution in [3.8, 4) is 0 Å². The van der Waals surface area contributed by atoms with Gasteiger partial charge in [0.15, 0.2) is 0 Å². The first-order valence-corrected chi connectivity index (χ1v) is 13.6. The Hall–Kier alpha value is -0.563. The average Bonchev–Trinajstić information content (AvgIpc) is 2.63. The molecular weight excluding hydrogens is 316 g/mol. The van der Waals surface area contributed by atoms with Crippen molar-refractivity contribution in [1.29, 1.82) is 0 Å². The van der Waals surface area contributed by atoms with Crippen LogP contribution in [0.25, 0.3) is 0 Å². The first-order chi connectivity index (χ1) is 12.3. The van der Waals surface area contributed by atoms with Crippen LogP contribution >= 0.6 is 0 Å². The maximum absolute atomic E-state index is 3.82. The molecule has 0 aliphatic rings. The molecule has 0 saturated heterocycles. The molecule has 0 atom stereocenters. The Morgan fingerprint density at radius 1 is 0.400 bits per heavy atom. The van der Waals surface area contributed by atoms with Crippen molar-refractivity contribution >= 4 is 8.80 Å².